The number of para-hydroxylation sites is 1. The molecule has 1 atom stereocenters. The number of hydrogen-bond acceptors (Lipinski definition) is 3. The van der Waals surface area contributed by atoms with Crippen LogP contribution < -0.4 is 10.2 Å². The van der Waals surface area contributed by atoms with Gasteiger partial charge in [0.15, 0.2) is 0 Å². The zero-order chi connectivity index (χ0) is 14.5. The van der Waals surface area contributed by atoms with Gasteiger partial charge in [-0.15, -0.1) is 0 Å². The lowest BCUT2D eigenvalue weighted by Crippen LogP contribution is -2.58. The van der Waals surface area contributed by atoms with E-state index in [0.717, 1.165) is 11.3 Å². The molecular formula is C15H20N2O3. The van der Waals surface area contributed by atoms with Crippen LogP contribution in [0.5, 0.6) is 0 Å². The average molecular weight is 276 g/mol. The molecule has 1 aromatic rings. The van der Waals surface area contributed by atoms with E-state index >= 15 is 0 Å². The van der Waals surface area contributed by atoms with Crippen LogP contribution in [0.15, 0.2) is 24.3 Å². The van der Waals surface area contributed by atoms with Crippen LogP contribution in [0.4, 0.5) is 5.69 Å². The molecule has 1 aliphatic heterocycles. The van der Waals surface area contributed by atoms with Crippen molar-refractivity contribution in [3.05, 3.63) is 29.8 Å². The Balaban J connectivity index is 2.36. The van der Waals surface area contributed by atoms with Crippen LogP contribution in [0.2, 0.25) is 0 Å². The normalized spacial score (nSPS) is 19.1. The number of amides is 2. The van der Waals surface area contributed by atoms with Crippen molar-refractivity contribution in [1.29, 1.82) is 0 Å². The van der Waals surface area contributed by atoms with Gasteiger partial charge in [0.1, 0.15) is 6.04 Å². The fourth-order valence-electron chi connectivity index (χ4n) is 2.50. The van der Waals surface area contributed by atoms with Crippen LogP contribution in [0.25, 0.3) is 0 Å². The Labute approximate surface area is 118 Å². The van der Waals surface area contributed by atoms with E-state index in [1.165, 1.54) is 0 Å². The predicted octanol–water partition coefficient (Wildman–Crippen LogP) is 1.12. The molecule has 5 heteroatoms. The highest BCUT2D eigenvalue weighted by atomic mass is 16.5. The van der Waals surface area contributed by atoms with Gasteiger partial charge in [0.25, 0.3) is 0 Å². The van der Waals surface area contributed by atoms with Crippen molar-refractivity contribution >= 4 is 17.5 Å². The molecule has 20 heavy (non-hydrogen) atoms. The highest BCUT2D eigenvalue weighted by Crippen LogP contribution is 2.26. The minimum Gasteiger partial charge on any atom is -0.384 e. The van der Waals surface area contributed by atoms with Crippen LogP contribution in [-0.2, 0) is 20.7 Å². The van der Waals surface area contributed by atoms with Gasteiger partial charge in [-0.1, -0.05) is 25.1 Å². The van der Waals surface area contributed by atoms with Gasteiger partial charge in [-0.05, 0) is 24.5 Å². The van der Waals surface area contributed by atoms with Gasteiger partial charge in [-0.2, -0.15) is 0 Å². The maximum atomic E-state index is 12.2. The van der Waals surface area contributed by atoms with Crippen molar-refractivity contribution in [3.63, 3.8) is 0 Å². The number of carbonyl (C=O) groups is 2. The van der Waals surface area contributed by atoms with E-state index < -0.39 is 6.04 Å². The molecule has 0 radical (unpaired) electrons. The Morgan fingerprint density at radius 2 is 2.10 bits per heavy atom. The maximum Gasteiger partial charge on any atom is 0.247 e. The van der Waals surface area contributed by atoms with Crippen LogP contribution in [0, 0.1) is 0 Å². The molecule has 1 saturated heterocycles. The van der Waals surface area contributed by atoms with Gasteiger partial charge >= 0.3 is 0 Å². The first-order valence-electron chi connectivity index (χ1n) is 6.85. The third-order valence-corrected chi connectivity index (χ3v) is 3.51. The zero-order valence-corrected chi connectivity index (χ0v) is 11.9. The third-order valence-electron chi connectivity index (χ3n) is 3.51. The minimum atomic E-state index is -0.431. The third kappa shape index (κ3) is 2.82. The number of nitrogens with zero attached hydrogens (tertiary/aromatic N) is 1. The van der Waals surface area contributed by atoms with E-state index in [9.17, 15) is 9.59 Å². The summed E-state index contributed by atoms with van der Waals surface area (Å²) in [5.41, 5.74) is 1.84. The number of ether oxygens (including phenoxy) is 1. The van der Waals surface area contributed by atoms with E-state index in [2.05, 4.69) is 5.32 Å². The molecule has 1 heterocycles. The molecule has 0 spiro atoms. The molecule has 1 unspecified atom stereocenters. The second kappa shape index (κ2) is 6.52. The monoisotopic (exact) mass is 276 g/mol. The molecule has 2 rings (SSSR count). The quantitative estimate of drug-likeness (QED) is 0.876. The molecule has 1 aliphatic rings. The number of anilines is 1. The second-order valence-corrected chi connectivity index (χ2v) is 4.78. The van der Waals surface area contributed by atoms with Gasteiger partial charge in [-0.3, -0.25) is 14.5 Å². The minimum absolute atomic E-state index is 0.0634. The summed E-state index contributed by atoms with van der Waals surface area (Å²) in [4.78, 5) is 25.8. The molecule has 0 aromatic heterocycles. The van der Waals surface area contributed by atoms with Gasteiger partial charge in [0.05, 0.1) is 13.2 Å². The van der Waals surface area contributed by atoms with Gasteiger partial charge < -0.3 is 10.1 Å². The van der Waals surface area contributed by atoms with Crippen molar-refractivity contribution in [2.45, 2.75) is 25.8 Å². The fraction of sp³-hybridized carbons (Fsp3) is 0.467. The van der Waals surface area contributed by atoms with Crippen LogP contribution in [-0.4, -0.2) is 38.1 Å². The average Bonchev–Trinajstić information content (AvgIpc) is 2.47. The van der Waals surface area contributed by atoms with Crippen molar-refractivity contribution in [2.75, 3.05) is 25.2 Å². The van der Waals surface area contributed by atoms with Crippen LogP contribution in [0.3, 0.4) is 0 Å². The highest BCUT2D eigenvalue weighted by Gasteiger charge is 2.34. The topological polar surface area (TPSA) is 58.6 Å². The summed E-state index contributed by atoms with van der Waals surface area (Å²) in [5.74, 6) is -0.157. The highest BCUT2D eigenvalue weighted by molar-refractivity contribution is 6.06. The summed E-state index contributed by atoms with van der Waals surface area (Å²) in [6.07, 6.45) is 1.31. The first-order valence-corrected chi connectivity index (χ1v) is 6.85. The molecule has 1 N–H and O–H groups in total. The van der Waals surface area contributed by atoms with Crippen molar-refractivity contribution in [3.8, 4) is 0 Å². The predicted molar refractivity (Wildman–Crippen MR) is 76.6 cm³/mol. The number of benzene rings is 1. The number of rotatable bonds is 5. The zero-order valence-electron chi connectivity index (χ0n) is 11.9. The first-order chi connectivity index (χ1) is 9.69. The van der Waals surface area contributed by atoms with Crippen molar-refractivity contribution < 1.29 is 14.3 Å². The van der Waals surface area contributed by atoms with E-state index in [0.29, 0.717) is 19.4 Å². The molecule has 1 aromatic carbocycles. The number of methoxy groups -OCH3 is 1. The number of nitrogens with one attached hydrogen (secondary N) is 1. The van der Waals surface area contributed by atoms with Gasteiger partial charge in [0, 0.05) is 12.8 Å². The summed E-state index contributed by atoms with van der Waals surface area (Å²) in [6, 6.07) is 7.26. The molecule has 0 bridgehead atoms. The van der Waals surface area contributed by atoms with E-state index in [-0.39, 0.29) is 18.4 Å². The maximum absolute atomic E-state index is 12.2. The Bertz CT molecular complexity index is 502. The SMILES string of the molecule is CCC1C(=O)NCC(=O)N1c1ccccc1CCOC. The second-order valence-electron chi connectivity index (χ2n) is 4.78. The largest absolute Gasteiger partial charge is 0.384 e. The Kier molecular flexibility index (Phi) is 4.74. The molecular weight excluding hydrogens is 256 g/mol. The molecule has 0 saturated carbocycles. The standard InChI is InChI=1S/C15H20N2O3/c1-3-12-15(19)16-10-14(18)17(12)13-7-5-4-6-11(13)8-9-20-2/h4-7,12H,3,8-10H2,1-2H3,(H,16,19). The van der Waals surface area contributed by atoms with E-state index in [4.69, 9.17) is 4.74 Å². The van der Waals surface area contributed by atoms with Crippen LogP contribution in [0.1, 0.15) is 18.9 Å². The summed E-state index contributed by atoms with van der Waals surface area (Å²) in [7, 11) is 1.65. The lowest BCUT2D eigenvalue weighted by atomic mass is 10.0. The first kappa shape index (κ1) is 14.5. The van der Waals surface area contributed by atoms with Gasteiger partial charge in [0.2, 0.25) is 11.8 Å². The van der Waals surface area contributed by atoms with Crippen molar-refractivity contribution in [1.82, 2.24) is 5.32 Å². The molecule has 5 nitrogen and oxygen atoms in total. The van der Waals surface area contributed by atoms with Crippen molar-refractivity contribution in [2.24, 2.45) is 0 Å². The van der Waals surface area contributed by atoms with Gasteiger partial charge in [-0.25, -0.2) is 0 Å². The molecule has 1 fully saturated rings. The summed E-state index contributed by atoms with van der Waals surface area (Å²) >= 11 is 0. The number of hydrogen-bond donors (Lipinski definition) is 1. The Hall–Kier alpha value is -1.88. The Morgan fingerprint density at radius 1 is 1.35 bits per heavy atom. The summed E-state index contributed by atoms with van der Waals surface area (Å²) in [5, 5.41) is 2.64. The molecule has 2 amide bonds. The lowest BCUT2D eigenvalue weighted by Gasteiger charge is -2.35. The molecule has 0 aliphatic carbocycles. The smallest absolute Gasteiger partial charge is 0.247 e. The number of carbonyl (C=O) groups excluding carboxylic acids is 2. The lowest BCUT2D eigenvalue weighted by molar-refractivity contribution is -0.131. The number of piperazine rings is 1. The van der Waals surface area contributed by atoms with Crippen LogP contribution >= 0.6 is 0 Å². The fourth-order valence-corrected chi connectivity index (χ4v) is 2.50. The summed E-state index contributed by atoms with van der Waals surface area (Å²) < 4.78 is 5.11. The van der Waals surface area contributed by atoms with E-state index in [1.54, 1.807) is 12.0 Å². The molecule has 108 valence electrons. The summed E-state index contributed by atoms with van der Waals surface area (Å²) in [6.45, 7) is 2.56. The Morgan fingerprint density at radius 3 is 2.80 bits per heavy atom. The van der Waals surface area contributed by atoms with E-state index in [1.807, 2.05) is 31.2 Å².